The first-order valence-electron chi connectivity index (χ1n) is 9.25. The molecule has 1 N–H and O–H groups in total. The van der Waals surface area contributed by atoms with Crippen LogP contribution in [-0.2, 0) is 0 Å². The predicted molar refractivity (Wildman–Crippen MR) is 101 cm³/mol. The standard InChI is InChI=1S/C20H22F2N2O2S/c21-20(22)26-16-3-1-13(2-4-16)17-5-6-18(27-17)19(25)24-9-7-14-11-23-12-15(14)8-10-24/h1-6,14-15,20,23H,7-12H2/t14-,15+. The third-order valence-electron chi connectivity index (χ3n) is 5.49. The molecule has 2 aliphatic rings. The summed E-state index contributed by atoms with van der Waals surface area (Å²) in [5, 5.41) is 3.45. The van der Waals surface area contributed by atoms with Crippen LogP contribution in [0.2, 0.25) is 0 Å². The van der Waals surface area contributed by atoms with Crippen molar-refractivity contribution < 1.29 is 18.3 Å². The van der Waals surface area contributed by atoms with Gasteiger partial charge in [0.25, 0.3) is 5.91 Å². The largest absolute Gasteiger partial charge is 0.435 e. The Bertz CT molecular complexity index is 780. The molecular formula is C20H22F2N2O2S. The highest BCUT2D eigenvalue weighted by Gasteiger charge is 2.31. The van der Waals surface area contributed by atoms with E-state index in [4.69, 9.17) is 0 Å². The van der Waals surface area contributed by atoms with Gasteiger partial charge < -0.3 is 15.0 Å². The Labute approximate surface area is 161 Å². The van der Waals surface area contributed by atoms with Crippen LogP contribution in [0.1, 0.15) is 22.5 Å². The first kappa shape index (κ1) is 18.4. The molecule has 2 aliphatic heterocycles. The molecule has 2 aromatic rings. The van der Waals surface area contributed by atoms with E-state index in [1.807, 2.05) is 17.0 Å². The van der Waals surface area contributed by atoms with Crippen LogP contribution in [0.3, 0.4) is 0 Å². The summed E-state index contributed by atoms with van der Waals surface area (Å²) in [4.78, 5) is 16.6. The van der Waals surface area contributed by atoms with Crippen molar-refractivity contribution in [3.05, 3.63) is 41.3 Å². The van der Waals surface area contributed by atoms with Crippen LogP contribution in [-0.4, -0.2) is 43.6 Å². The molecule has 0 saturated carbocycles. The van der Waals surface area contributed by atoms with E-state index in [-0.39, 0.29) is 11.7 Å². The lowest BCUT2D eigenvalue weighted by Gasteiger charge is -2.20. The molecule has 7 heteroatoms. The van der Waals surface area contributed by atoms with Gasteiger partial charge in [-0.15, -0.1) is 11.3 Å². The minimum Gasteiger partial charge on any atom is -0.435 e. The van der Waals surface area contributed by atoms with Crippen molar-refractivity contribution in [3.8, 4) is 16.2 Å². The molecule has 144 valence electrons. The molecule has 27 heavy (non-hydrogen) atoms. The lowest BCUT2D eigenvalue weighted by Crippen LogP contribution is -2.32. The molecule has 0 radical (unpaired) electrons. The number of hydrogen-bond acceptors (Lipinski definition) is 4. The van der Waals surface area contributed by atoms with Crippen molar-refractivity contribution in [1.29, 1.82) is 0 Å². The Morgan fingerprint density at radius 1 is 1.07 bits per heavy atom. The summed E-state index contributed by atoms with van der Waals surface area (Å²) in [6.45, 7) is 0.941. The van der Waals surface area contributed by atoms with E-state index >= 15 is 0 Å². The third-order valence-corrected chi connectivity index (χ3v) is 6.61. The fraction of sp³-hybridized carbons (Fsp3) is 0.450. The van der Waals surface area contributed by atoms with Gasteiger partial charge in [0.2, 0.25) is 0 Å². The molecular weight excluding hydrogens is 370 g/mol. The molecule has 1 amide bonds. The van der Waals surface area contributed by atoms with Gasteiger partial charge in [-0.25, -0.2) is 0 Å². The van der Waals surface area contributed by atoms with Crippen LogP contribution in [0, 0.1) is 11.8 Å². The molecule has 2 atom stereocenters. The zero-order valence-electron chi connectivity index (χ0n) is 14.9. The molecule has 4 nitrogen and oxygen atoms in total. The first-order chi connectivity index (χ1) is 13.1. The van der Waals surface area contributed by atoms with E-state index in [1.165, 1.54) is 23.5 Å². The van der Waals surface area contributed by atoms with Crippen LogP contribution in [0.4, 0.5) is 8.78 Å². The van der Waals surface area contributed by atoms with E-state index in [0.29, 0.717) is 11.8 Å². The smallest absolute Gasteiger partial charge is 0.387 e. The van der Waals surface area contributed by atoms with Crippen molar-refractivity contribution in [1.82, 2.24) is 10.2 Å². The Morgan fingerprint density at radius 2 is 1.74 bits per heavy atom. The lowest BCUT2D eigenvalue weighted by atomic mass is 9.92. The van der Waals surface area contributed by atoms with Crippen molar-refractivity contribution in [2.24, 2.45) is 11.8 Å². The highest BCUT2D eigenvalue weighted by atomic mass is 32.1. The maximum absolute atomic E-state index is 12.9. The zero-order valence-corrected chi connectivity index (χ0v) is 15.7. The van der Waals surface area contributed by atoms with Gasteiger partial charge in [-0.1, -0.05) is 0 Å². The lowest BCUT2D eigenvalue weighted by molar-refractivity contribution is -0.0498. The minimum atomic E-state index is -2.83. The summed E-state index contributed by atoms with van der Waals surface area (Å²) in [7, 11) is 0. The van der Waals surface area contributed by atoms with Gasteiger partial charge in [0.05, 0.1) is 4.88 Å². The van der Waals surface area contributed by atoms with Crippen LogP contribution in [0.15, 0.2) is 36.4 Å². The minimum absolute atomic E-state index is 0.0943. The summed E-state index contributed by atoms with van der Waals surface area (Å²) in [6, 6.07) is 10.3. The average molecular weight is 392 g/mol. The highest BCUT2D eigenvalue weighted by Crippen LogP contribution is 2.32. The molecule has 0 spiro atoms. The summed E-state index contributed by atoms with van der Waals surface area (Å²) < 4.78 is 28.9. The summed E-state index contributed by atoms with van der Waals surface area (Å²) in [5.41, 5.74) is 0.886. The molecule has 3 heterocycles. The van der Waals surface area contributed by atoms with Crippen LogP contribution >= 0.6 is 11.3 Å². The van der Waals surface area contributed by atoms with Crippen molar-refractivity contribution in [2.45, 2.75) is 19.5 Å². The number of carbonyl (C=O) groups is 1. The second-order valence-corrected chi connectivity index (χ2v) is 8.20. The summed E-state index contributed by atoms with van der Waals surface area (Å²) in [6.07, 6.45) is 2.13. The second kappa shape index (κ2) is 7.94. The quantitative estimate of drug-likeness (QED) is 0.852. The maximum Gasteiger partial charge on any atom is 0.387 e. The monoisotopic (exact) mass is 392 g/mol. The third kappa shape index (κ3) is 4.14. The molecule has 0 bridgehead atoms. The molecule has 1 aromatic carbocycles. The van der Waals surface area contributed by atoms with Gasteiger partial charge in [0, 0.05) is 18.0 Å². The number of nitrogens with one attached hydrogen (secondary N) is 1. The van der Waals surface area contributed by atoms with Crippen LogP contribution < -0.4 is 10.1 Å². The number of carbonyl (C=O) groups excluding carboxylic acids is 1. The van der Waals surface area contributed by atoms with Gasteiger partial charge in [-0.2, -0.15) is 8.78 Å². The van der Waals surface area contributed by atoms with Crippen molar-refractivity contribution >= 4 is 17.2 Å². The zero-order chi connectivity index (χ0) is 18.8. The van der Waals surface area contributed by atoms with E-state index in [0.717, 1.165) is 54.3 Å². The number of halogens is 2. The highest BCUT2D eigenvalue weighted by molar-refractivity contribution is 7.17. The second-order valence-electron chi connectivity index (χ2n) is 7.11. The molecule has 1 aromatic heterocycles. The van der Waals surface area contributed by atoms with Crippen molar-refractivity contribution in [3.63, 3.8) is 0 Å². The average Bonchev–Trinajstić information content (AvgIpc) is 3.27. The number of rotatable bonds is 4. The number of amides is 1. The Hall–Kier alpha value is -1.99. The number of nitrogens with zero attached hydrogens (tertiary/aromatic N) is 1. The number of fused-ring (bicyclic) bond motifs is 1. The topological polar surface area (TPSA) is 41.6 Å². The van der Waals surface area contributed by atoms with E-state index < -0.39 is 6.61 Å². The predicted octanol–water partition coefficient (Wildman–Crippen LogP) is 4.09. The SMILES string of the molecule is O=C(c1ccc(-c2ccc(OC(F)F)cc2)s1)N1CC[C@@H]2CNC[C@@H]2CC1. The van der Waals surface area contributed by atoms with Gasteiger partial charge in [-0.05, 0) is 79.7 Å². The van der Waals surface area contributed by atoms with Gasteiger partial charge in [-0.3, -0.25) is 4.79 Å². The number of hydrogen-bond donors (Lipinski definition) is 1. The number of alkyl halides is 2. The molecule has 0 aliphatic carbocycles. The normalized spacial score (nSPS) is 22.6. The molecule has 0 unspecified atom stereocenters. The van der Waals surface area contributed by atoms with E-state index in [9.17, 15) is 13.6 Å². The fourth-order valence-corrected chi connectivity index (χ4v) is 4.97. The number of benzene rings is 1. The summed E-state index contributed by atoms with van der Waals surface area (Å²) in [5.74, 6) is 1.61. The van der Waals surface area contributed by atoms with Crippen molar-refractivity contribution in [2.75, 3.05) is 26.2 Å². The first-order valence-corrected chi connectivity index (χ1v) is 10.1. The summed E-state index contributed by atoms with van der Waals surface area (Å²) >= 11 is 1.44. The molecule has 2 saturated heterocycles. The van der Waals surface area contributed by atoms with Gasteiger partial charge in [0.1, 0.15) is 5.75 Å². The van der Waals surface area contributed by atoms with Crippen LogP contribution in [0.25, 0.3) is 10.4 Å². The van der Waals surface area contributed by atoms with E-state index in [2.05, 4.69) is 10.1 Å². The Kier molecular flexibility index (Phi) is 5.41. The van der Waals surface area contributed by atoms with Gasteiger partial charge >= 0.3 is 6.61 Å². The van der Waals surface area contributed by atoms with Gasteiger partial charge in [0.15, 0.2) is 0 Å². The number of likely N-dealkylation sites (tertiary alicyclic amines) is 1. The fourth-order valence-electron chi connectivity index (χ4n) is 3.99. The Morgan fingerprint density at radius 3 is 2.37 bits per heavy atom. The number of ether oxygens (including phenoxy) is 1. The van der Waals surface area contributed by atoms with E-state index in [1.54, 1.807) is 12.1 Å². The molecule has 4 rings (SSSR count). The number of thiophene rings is 1. The Balaban J connectivity index is 1.43. The van der Waals surface area contributed by atoms with Crippen LogP contribution in [0.5, 0.6) is 5.75 Å². The molecule has 2 fully saturated rings. The maximum atomic E-state index is 12.9.